The number of hydrogen-bond acceptors (Lipinski definition) is 7. The van der Waals surface area contributed by atoms with Crippen molar-refractivity contribution in [1.29, 1.82) is 0 Å². The van der Waals surface area contributed by atoms with Crippen LogP contribution in [0.3, 0.4) is 0 Å². The maximum Gasteiger partial charge on any atom is 0.239 e. The molecule has 4 aromatic rings. The number of thioether (sulfide) groups is 1. The number of methoxy groups -OCH3 is 1. The van der Waals surface area contributed by atoms with Crippen LogP contribution >= 0.6 is 23.1 Å². The third kappa shape index (κ3) is 4.78. The van der Waals surface area contributed by atoms with E-state index in [0.29, 0.717) is 16.1 Å². The number of amides is 1. The van der Waals surface area contributed by atoms with Crippen LogP contribution in [0.1, 0.15) is 12.6 Å². The zero-order valence-electron chi connectivity index (χ0n) is 17.3. The highest BCUT2D eigenvalue weighted by Gasteiger charge is 2.22. The summed E-state index contributed by atoms with van der Waals surface area (Å²) in [7, 11) is 1.63. The molecule has 0 radical (unpaired) electrons. The predicted molar refractivity (Wildman–Crippen MR) is 124 cm³/mol. The van der Waals surface area contributed by atoms with Gasteiger partial charge < -0.3 is 10.1 Å². The first kappa shape index (κ1) is 21.1. The molecule has 1 N–H and O–H groups in total. The van der Waals surface area contributed by atoms with E-state index in [1.54, 1.807) is 7.11 Å². The van der Waals surface area contributed by atoms with Crippen molar-refractivity contribution in [3.05, 3.63) is 65.7 Å². The molecule has 0 aliphatic carbocycles. The molecule has 0 bridgehead atoms. The van der Waals surface area contributed by atoms with Gasteiger partial charge in [0.05, 0.1) is 18.1 Å². The molecule has 9 heteroatoms. The first-order chi connectivity index (χ1) is 15.0. The van der Waals surface area contributed by atoms with E-state index in [9.17, 15) is 4.79 Å². The van der Waals surface area contributed by atoms with Crippen LogP contribution < -0.4 is 10.1 Å². The maximum atomic E-state index is 12.7. The number of nitrogens with one attached hydrogen (secondary N) is 1. The van der Waals surface area contributed by atoms with E-state index >= 15 is 0 Å². The Morgan fingerprint density at radius 1 is 1.16 bits per heavy atom. The van der Waals surface area contributed by atoms with E-state index in [2.05, 4.69) is 20.5 Å². The zero-order chi connectivity index (χ0) is 21.8. The van der Waals surface area contributed by atoms with Gasteiger partial charge in [-0.3, -0.25) is 9.36 Å². The van der Waals surface area contributed by atoms with Crippen molar-refractivity contribution in [3.63, 3.8) is 0 Å². The van der Waals surface area contributed by atoms with E-state index in [0.717, 1.165) is 22.7 Å². The van der Waals surface area contributed by atoms with Gasteiger partial charge >= 0.3 is 0 Å². The first-order valence-electron chi connectivity index (χ1n) is 9.60. The molecule has 158 valence electrons. The van der Waals surface area contributed by atoms with Gasteiger partial charge in [-0.25, -0.2) is 4.98 Å². The summed E-state index contributed by atoms with van der Waals surface area (Å²) in [4.78, 5) is 17.0. The summed E-state index contributed by atoms with van der Waals surface area (Å²) in [5.74, 6) is 1.28. The Hall–Kier alpha value is -3.17. The minimum Gasteiger partial charge on any atom is -0.497 e. The number of ether oxygens (including phenoxy) is 1. The van der Waals surface area contributed by atoms with E-state index in [1.807, 2.05) is 78.4 Å². The quantitative estimate of drug-likeness (QED) is 0.406. The van der Waals surface area contributed by atoms with Gasteiger partial charge in [0.15, 0.2) is 16.1 Å². The number of benzene rings is 2. The number of anilines is 1. The molecule has 1 amide bonds. The molecule has 0 saturated heterocycles. The molecule has 2 heterocycles. The highest BCUT2D eigenvalue weighted by atomic mass is 32.2. The fourth-order valence-corrected chi connectivity index (χ4v) is 4.49. The van der Waals surface area contributed by atoms with E-state index < -0.39 is 5.25 Å². The van der Waals surface area contributed by atoms with Crippen LogP contribution in [-0.4, -0.2) is 38.0 Å². The maximum absolute atomic E-state index is 12.7. The van der Waals surface area contributed by atoms with Crippen LogP contribution in [0, 0.1) is 6.92 Å². The fourth-order valence-electron chi connectivity index (χ4n) is 2.94. The van der Waals surface area contributed by atoms with E-state index in [4.69, 9.17) is 4.74 Å². The third-order valence-electron chi connectivity index (χ3n) is 4.48. The number of aryl methyl sites for hydroxylation is 1. The minimum absolute atomic E-state index is 0.134. The largest absolute Gasteiger partial charge is 0.497 e. The van der Waals surface area contributed by atoms with E-state index in [1.165, 1.54) is 23.1 Å². The summed E-state index contributed by atoms with van der Waals surface area (Å²) in [6, 6.07) is 17.5. The van der Waals surface area contributed by atoms with Crippen molar-refractivity contribution in [2.45, 2.75) is 24.3 Å². The van der Waals surface area contributed by atoms with Crippen molar-refractivity contribution < 1.29 is 9.53 Å². The standard InChI is InChI=1S/C22H21N5O2S2/c1-14-13-30-21(23-14)24-20(28)15(2)31-22-26-25-19(16-8-7-11-18(12-16)29-3)27(22)17-9-5-4-6-10-17/h4-13,15H,1-3H3,(H,23,24,28)/t15-/m0/s1. The molecule has 0 aliphatic heterocycles. The molecule has 2 aromatic heterocycles. The SMILES string of the molecule is COc1cccc(-c2nnc(S[C@@H](C)C(=O)Nc3nc(C)cs3)n2-c2ccccc2)c1. The summed E-state index contributed by atoms with van der Waals surface area (Å²) in [5.41, 5.74) is 2.67. The van der Waals surface area contributed by atoms with Gasteiger partial charge in [-0.2, -0.15) is 0 Å². The number of rotatable bonds is 7. The lowest BCUT2D eigenvalue weighted by molar-refractivity contribution is -0.115. The van der Waals surface area contributed by atoms with Crippen molar-refractivity contribution in [2.24, 2.45) is 0 Å². The van der Waals surface area contributed by atoms with Crippen LogP contribution in [-0.2, 0) is 4.79 Å². The fraction of sp³-hybridized carbons (Fsp3) is 0.182. The summed E-state index contributed by atoms with van der Waals surface area (Å²) < 4.78 is 7.32. The normalized spacial score (nSPS) is 11.8. The minimum atomic E-state index is -0.394. The lowest BCUT2D eigenvalue weighted by Crippen LogP contribution is -2.22. The molecular weight excluding hydrogens is 430 g/mol. The number of aromatic nitrogens is 4. The number of carbonyl (C=O) groups is 1. The highest BCUT2D eigenvalue weighted by molar-refractivity contribution is 8.00. The molecule has 2 aromatic carbocycles. The lowest BCUT2D eigenvalue weighted by Gasteiger charge is -2.13. The smallest absolute Gasteiger partial charge is 0.239 e. The number of hydrogen-bond donors (Lipinski definition) is 1. The Morgan fingerprint density at radius 2 is 1.97 bits per heavy atom. The second-order valence-electron chi connectivity index (χ2n) is 6.75. The zero-order valence-corrected chi connectivity index (χ0v) is 18.9. The highest BCUT2D eigenvalue weighted by Crippen LogP contribution is 2.31. The van der Waals surface area contributed by atoms with Gasteiger partial charge in [0.2, 0.25) is 5.91 Å². The van der Waals surface area contributed by atoms with Gasteiger partial charge in [0.1, 0.15) is 5.75 Å². The van der Waals surface area contributed by atoms with Gasteiger partial charge in [-0.15, -0.1) is 21.5 Å². The number of para-hydroxylation sites is 1. The Balaban J connectivity index is 1.66. The van der Waals surface area contributed by atoms with Crippen molar-refractivity contribution >= 4 is 34.1 Å². The second-order valence-corrected chi connectivity index (χ2v) is 8.92. The van der Waals surface area contributed by atoms with Crippen LogP contribution in [0.25, 0.3) is 17.1 Å². The van der Waals surface area contributed by atoms with Crippen LogP contribution in [0.5, 0.6) is 5.75 Å². The second kappa shape index (κ2) is 9.32. The molecule has 0 fully saturated rings. The van der Waals surface area contributed by atoms with Gasteiger partial charge in [-0.1, -0.05) is 42.1 Å². The summed E-state index contributed by atoms with van der Waals surface area (Å²) in [6.07, 6.45) is 0. The van der Waals surface area contributed by atoms with Crippen molar-refractivity contribution in [3.8, 4) is 22.8 Å². The number of nitrogens with zero attached hydrogens (tertiary/aromatic N) is 4. The molecular formula is C22H21N5O2S2. The topological polar surface area (TPSA) is 81.9 Å². The summed E-state index contributed by atoms with van der Waals surface area (Å²) in [6.45, 7) is 3.74. The van der Waals surface area contributed by atoms with Gasteiger partial charge in [-0.05, 0) is 38.1 Å². The van der Waals surface area contributed by atoms with Crippen molar-refractivity contribution in [1.82, 2.24) is 19.7 Å². The molecule has 7 nitrogen and oxygen atoms in total. The lowest BCUT2D eigenvalue weighted by atomic mass is 10.2. The molecule has 0 aliphatic rings. The van der Waals surface area contributed by atoms with Gasteiger partial charge in [0, 0.05) is 16.6 Å². The summed E-state index contributed by atoms with van der Waals surface area (Å²) >= 11 is 2.76. The Labute approximate surface area is 188 Å². The number of thiazole rings is 1. The first-order valence-corrected chi connectivity index (χ1v) is 11.4. The van der Waals surface area contributed by atoms with E-state index in [-0.39, 0.29) is 5.91 Å². The van der Waals surface area contributed by atoms with Crippen LogP contribution in [0.4, 0.5) is 5.13 Å². The Bertz CT molecular complexity index is 1190. The average molecular weight is 452 g/mol. The summed E-state index contributed by atoms with van der Waals surface area (Å²) in [5, 5.41) is 14.4. The Kier molecular flexibility index (Phi) is 6.34. The molecule has 0 unspecified atom stereocenters. The average Bonchev–Trinajstić information content (AvgIpc) is 3.40. The third-order valence-corrected chi connectivity index (χ3v) is 6.39. The van der Waals surface area contributed by atoms with Crippen LogP contribution in [0.15, 0.2) is 65.1 Å². The monoisotopic (exact) mass is 451 g/mol. The van der Waals surface area contributed by atoms with Crippen LogP contribution in [0.2, 0.25) is 0 Å². The predicted octanol–water partition coefficient (Wildman–Crippen LogP) is 4.83. The van der Waals surface area contributed by atoms with Gasteiger partial charge in [0.25, 0.3) is 0 Å². The molecule has 0 spiro atoms. The molecule has 0 saturated carbocycles. The van der Waals surface area contributed by atoms with Crippen molar-refractivity contribution in [2.75, 3.05) is 12.4 Å². The molecule has 1 atom stereocenters. The number of carbonyl (C=O) groups excluding carboxylic acids is 1. The Morgan fingerprint density at radius 3 is 2.68 bits per heavy atom. The molecule has 31 heavy (non-hydrogen) atoms. The molecule has 4 rings (SSSR count).